The summed E-state index contributed by atoms with van der Waals surface area (Å²) in [6.45, 7) is 13.2. The monoisotopic (exact) mass is 842 g/mol. The lowest BCUT2D eigenvalue weighted by atomic mass is 9.78. The molecule has 1 amide bonds. The molecule has 5 aliphatic rings. The molecule has 4 fully saturated rings. The van der Waals surface area contributed by atoms with Crippen LogP contribution < -0.4 is 14.4 Å². The van der Waals surface area contributed by atoms with Crippen molar-refractivity contribution in [1.82, 2.24) is 24.7 Å². The zero-order chi connectivity index (χ0) is 43.2. The molecule has 0 unspecified atom stereocenters. The molecule has 0 bridgehead atoms. The highest BCUT2D eigenvalue weighted by Crippen LogP contribution is 2.46. The van der Waals surface area contributed by atoms with Crippen molar-refractivity contribution in [2.24, 2.45) is 0 Å². The summed E-state index contributed by atoms with van der Waals surface area (Å²) in [7, 11) is 1.89. The molecule has 4 aliphatic heterocycles. The molecule has 1 saturated carbocycles. The molecule has 1 aromatic heterocycles. The molecule has 5 atom stereocenters. The summed E-state index contributed by atoms with van der Waals surface area (Å²) in [5.41, 5.74) is -1.16. The van der Waals surface area contributed by atoms with Crippen LogP contribution in [0.1, 0.15) is 88.5 Å². The van der Waals surface area contributed by atoms with E-state index in [1.165, 1.54) is 12.1 Å². The maximum atomic E-state index is 15.9. The first kappa shape index (κ1) is 43.1. The third kappa shape index (κ3) is 8.26. The van der Waals surface area contributed by atoms with Crippen molar-refractivity contribution < 1.29 is 38.0 Å². The van der Waals surface area contributed by atoms with Gasteiger partial charge in [-0.25, -0.2) is 8.78 Å². The van der Waals surface area contributed by atoms with E-state index in [-0.39, 0.29) is 67.4 Å². The number of fused-ring (bicyclic) bond motifs is 2. The number of morpholine rings is 1. The number of aliphatic hydroxyl groups is 1. The van der Waals surface area contributed by atoms with E-state index in [0.717, 1.165) is 58.3 Å². The van der Waals surface area contributed by atoms with Gasteiger partial charge >= 0.3 is 6.01 Å². The molecular formula is C47H60F2N6O6. The quantitative estimate of drug-likeness (QED) is 0.181. The number of carbonyl (C=O) groups is 1. The first-order valence-corrected chi connectivity index (χ1v) is 21.9. The highest BCUT2D eigenvalue weighted by molar-refractivity contribution is 5.93. The van der Waals surface area contributed by atoms with Crippen LogP contribution >= 0.6 is 0 Å². The lowest BCUT2D eigenvalue weighted by molar-refractivity contribution is -0.126. The van der Waals surface area contributed by atoms with Crippen LogP contribution in [0.3, 0.4) is 0 Å². The summed E-state index contributed by atoms with van der Waals surface area (Å²) in [6, 6.07) is 6.87. The van der Waals surface area contributed by atoms with Gasteiger partial charge in [-0.05, 0) is 94.5 Å². The third-order valence-corrected chi connectivity index (χ3v) is 14.2. The summed E-state index contributed by atoms with van der Waals surface area (Å²) >= 11 is 0. The summed E-state index contributed by atoms with van der Waals surface area (Å²) in [6.07, 6.45) is 11.8. The number of rotatable bonds is 11. The number of phenols is 1. The van der Waals surface area contributed by atoms with Gasteiger partial charge in [-0.1, -0.05) is 18.6 Å². The zero-order valence-corrected chi connectivity index (χ0v) is 35.9. The van der Waals surface area contributed by atoms with E-state index < -0.39 is 23.1 Å². The van der Waals surface area contributed by atoms with Crippen LogP contribution in [0.4, 0.5) is 14.6 Å². The summed E-state index contributed by atoms with van der Waals surface area (Å²) in [5.74, 6) is 2.39. The number of likely N-dealkylation sites (tertiary alicyclic amines) is 2. The molecule has 3 aromatic rings. The van der Waals surface area contributed by atoms with E-state index in [9.17, 15) is 15.0 Å². The van der Waals surface area contributed by atoms with Crippen molar-refractivity contribution in [1.29, 1.82) is 0 Å². The Bertz CT molecular complexity index is 2170. The maximum Gasteiger partial charge on any atom is 0.318 e. The topological polar surface area (TPSA) is 124 Å². The van der Waals surface area contributed by atoms with Crippen LogP contribution in [0, 0.1) is 18.2 Å². The Hall–Kier alpha value is -4.55. The number of hydrogen-bond donors (Lipinski definition) is 2. The maximum absolute atomic E-state index is 15.9. The highest BCUT2D eigenvalue weighted by atomic mass is 19.1. The number of alkyl halides is 1. The number of ether oxygens (including phenoxy) is 3. The Balaban J connectivity index is 1.11. The molecule has 0 spiro atoms. The fraction of sp³-hybridized carbons (Fsp3) is 0.596. The van der Waals surface area contributed by atoms with Gasteiger partial charge in [0.05, 0.1) is 42.2 Å². The van der Waals surface area contributed by atoms with Crippen molar-refractivity contribution in [2.45, 2.75) is 120 Å². The Morgan fingerprint density at radius 1 is 1.16 bits per heavy atom. The van der Waals surface area contributed by atoms with Gasteiger partial charge in [0.2, 0.25) is 5.91 Å². The normalized spacial score (nSPS) is 28.6. The molecule has 12 nitrogen and oxygen atoms in total. The molecule has 1 aliphatic carbocycles. The van der Waals surface area contributed by atoms with Gasteiger partial charge in [0, 0.05) is 81.5 Å². The SMILES string of the molecule is C#Cc1c(F)ccc2cc(O)cc([C@@H]3COc4c(nc(OC[C@]5(C(C)(C)O)C[C@@H](F)CN5C5CCC(N6CCOC[C@@H]6C)CC5)nc4N(C)C[C@@H]4CCCN4C(=O)C=C)C3)c12. The molecule has 61 heavy (non-hydrogen) atoms. The second-order valence-electron chi connectivity index (χ2n) is 18.4. The van der Waals surface area contributed by atoms with Gasteiger partial charge in [0.1, 0.15) is 24.3 Å². The van der Waals surface area contributed by atoms with Crippen LogP contribution in [0.5, 0.6) is 17.5 Å². The standard InChI is InChI=1S/C47H60F2N6O6/c1-7-37-39(49)16-11-30-20-36(56)22-38(42(30)37)31-21-40-43(60-27-31)44(52(6)25-35-10-9-17-54(35)41(57)8-2)51-45(50-40)61-28-47(46(4,5)58)23-32(48)24-55(47)34-14-12-33(13-15-34)53-18-19-59-26-29(53)3/h1,8,11,16,20,22,29,31-35,56,58H,2,9-10,12-15,17-19,21,23-28H2,3-6H3/t29-,31-,32+,33?,34?,35-,47-/m0/s1. The number of terminal acetylenes is 1. The van der Waals surface area contributed by atoms with Crippen LogP contribution in [0.2, 0.25) is 0 Å². The first-order valence-electron chi connectivity index (χ1n) is 21.9. The van der Waals surface area contributed by atoms with Gasteiger partial charge in [-0.15, -0.1) is 6.42 Å². The molecular weight excluding hydrogens is 783 g/mol. The number of hydrogen-bond acceptors (Lipinski definition) is 11. The smallest absolute Gasteiger partial charge is 0.318 e. The van der Waals surface area contributed by atoms with Gasteiger partial charge in [0.25, 0.3) is 0 Å². The number of halogens is 2. The molecule has 328 valence electrons. The van der Waals surface area contributed by atoms with E-state index in [0.29, 0.717) is 65.2 Å². The number of phenolic OH excluding ortho intramolecular Hbond substituents is 1. The molecule has 3 saturated heterocycles. The summed E-state index contributed by atoms with van der Waals surface area (Å²) < 4.78 is 49.8. The van der Waals surface area contributed by atoms with Gasteiger partial charge in [0.15, 0.2) is 11.6 Å². The second-order valence-corrected chi connectivity index (χ2v) is 18.4. The van der Waals surface area contributed by atoms with Crippen LogP contribution in [0.25, 0.3) is 10.8 Å². The molecule has 0 radical (unpaired) electrons. The first-order chi connectivity index (χ1) is 29.2. The predicted octanol–water partition coefficient (Wildman–Crippen LogP) is 5.75. The van der Waals surface area contributed by atoms with Crippen molar-refractivity contribution in [3.8, 4) is 29.9 Å². The van der Waals surface area contributed by atoms with Crippen LogP contribution in [-0.4, -0.2) is 142 Å². The minimum absolute atomic E-state index is 0.0125. The van der Waals surface area contributed by atoms with Crippen LogP contribution in [0.15, 0.2) is 36.9 Å². The van der Waals surface area contributed by atoms with E-state index in [4.69, 9.17) is 30.6 Å². The highest BCUT2D eigenvalue weighted by Gasteiger charge is 2.58. The van der Waals surface area contributed by atoms with Gasteiger partial charge in [-0.3, -0.25) is 14.6 Å². The largest absolute Gasteiger partial charge is 0.508 e. The van der Waals surface area contributed by atoms with Crippen molar-refractivity contribution in [3.63, 3.8) is 0 Å². The number of anilines is 1. The average Bonchev–Trinajstić information content (AvgIpc) is 3.86. The van der Waals surface area contributed by atoms with E-state index >= 15 is 8.78 Å². The third-order valence-electron chi connectivity index (χ3n) is 14.2. The minimum atomic E-state index is -1.35. The van der Waals surface area contributed by atoms with E-state index in [1.807, 2.05) is 16.8 Å². The number of likely N-dealkylation sites (N-methyl/N-ethyl adjacent to an activating group) is 1. The number of nitrogens with zero attached hydrogens (tertiary/aromatic N) is 6. The second kappa shape index (κ2) is 17.3. The average molecular weight is 843 g/mol. The van der Waals surface area contributed by atoms with Crippen molar-refractivity contribution in [3.05, 3.63) is 59.6 Å². The number of benzene rings is 2. The lowest BCUT2D eigenvalue weighted by Gasteiger charge is -2.51. The molecule has 5 heterocycles. The Morgan fingerprint density at radius 2 is 1.93 bits per heavy atom. The number of carbonyl (C=O) groups excluding carboxylic acids is 1. The number of amides is 1. The van der Waals surface area contributed by atoms with Crippen LogP contribution in [-0.2, 0) is 16.0 Å². The van der Waals surface area contributed by atoms with Gasteiger partial charge < -0.3 is 34.2 Å². The van der Waals surface area contributed by atoms with E-state index in [2.05, 4.69) is 29.2 Å². The predicted molar refractivity (Wildman–Crippen MR) is 229 cm³/mol. The molecule has 14 heteroatoms. The Kier molecular flexibility index (Phi) is 12.2. The fourth-order valence-electron chi connectivity index (χ4n) is 11.0. The number of aromatic nitrogens is 2. The summed E-state index contributed by atoms with van der Waals surface area (Å²) in [5, 5.41) is 23.9. The lowest BCUT2D eigenvalue weighted by Crippen LogP contribution is -2.65. The Morgan fingerprint density at radius 3 is 2.66 bits per heavy atom. The summed E-state index contributed by atoms with van der Waals surface area (Å²) in [4.78, 5) is 31.1. The van der Waals surface area contributed by atoms with Crippen molar-refractivity contribution >= 4 is 22.5 Å². The molecule has 8 rings (SSSR count). The van der Waals surface area contributed by atoms with Gasteiger partial charge in [-0.2, -0.15) is 9.97 Å². The molecule has 2 aromatic carbocycles. The minimum Gasteiger partial charge on any atom is -0.508 e. The van der Waals surface area contributed by atoms with Crippen molar-refractivity contribution in [2.75, 3.05) is 64.6 Å². The molecule has 2 N–H and O–H groups in total. The zero-order valence-electron chi connectivity index (χ0n) is 35.9. The fourth-order valence-corrected chi connectivity index (χ4v) is 11.0. The number of aromatic hydroxyl groups is 1. The Labute approximate surface area is 357 Å². The van der Waals surface area contributed by atoms with E-state index in [1.54, 1.807) is 32.0 Å².